The lowest BCUT2D eigenvalue weighted by Gasteiger charge is -2.20. The molecular weight excluding hydrogens is 318 g/mol. The van der Waals surface area contributed by atoms with Crippen molar-refractivity contribution < 1.29 is 4.92 Å². The van der Waals surface area contributed by atoms with Gasteiger partial charge < -0.3 is 0 Å². The summed E-state index contributed by atoms with van der Waals surface area (Å²) in [5.41, 5.74) is 2.14. The van der Waals surface area contributed by atoms with Gasteiger partial charge in [-0.3, -0.25) is 10.1 Å². The molecule has 110 valence electrons. The van der Waals surface area contributed by atoms with E-state index in [-0.39, 0.29) is 15.9 Å². The van der Waals surface area contributed by atoms with Crippen molar-refractivity contribution >= 4 is 28.3 Å². The van der Waals surface area contributed by atoms with Gasteiger partial charge in [0, 0.05) is 16.0 Å². The van der Waals surface area contributed by atoms with Crippen LogP contribution in [0, 0.1) is 10.1 Å². The Morgan fingerprint density at radius 2 is 1.68 bits per heavy atom. The quantitative estimate of drug-likeness (QED) is 0.564. The van der Waals surface area contributed by atoms with Crippen molar-refractivity contribution in [1.82, 2.24) is 0 Å². The fraction of sp³-hybridized carbons (Fsp3) is 0.0588. The second-order valence-electron chi connectivity index (χ2n) is 4.80. The Kier molecular flexibility index (Phi) is 4.32. The Bertz CT molecular complexity index is 754. The van der Waals surface area contributed by atoms with Crippen molar-refractivity contribution in [3.8, 4) is 0 Å². The van der Waals surface area contributed by atoms with Crippen molar-refractivity contribution in [2.75, 3.05) is 0 Å². The van der Waals surface area contributed by atoms with Crippen molar-refractivity contribution in [3.63, 3.8) is 0 Å². The molecule has 0 radical (unpaired) electrons. The second-order valence-corrected chi connectivity index (χ2v) is 6.38. The molecule has 1 heterocycles. The fourth-order valence-corrected chi connectivity index (χ4v) is 3.65. The Labute approximate surface area is 137 Å². The molecule has 0 saturated heterocycles. The minimum absolute atomic E-state index is 0.203. The highest BCUT2D eigenvalue weighted by molar-refractivity contribution is 8.08. The molecule has 0 spiro atoms. The molecule has 2 aromatic rings. The Hall–Kier alpha value is -2.04. The monoisotopic (exact) mass is 329 g/mol. The third-order valence-corrected chi connectivity index (χ3v) is 4.99. The molecule has 2 aromatic carbocycles. The van der Waals surface area contributed by atoms with E-state index in [1.807, 2.05) is 54.6 Å². The van der Waals surface area contributed by atoms with E-state index in [4.69, 9.17) is 11.6 Å². The minimum Gasteiger partial charge on any atom is -0.259 e. The molecule has 1 aliphatic rings. The summed E-state index contributed by atoms with van der Waals surface area (Å²) in [6.45, 7) is 0. The van der Waals surface area contributed by atoms with Crippen molar-refractivity contribution in [3.05, 3.63) is 98.7 Å². The number of halogens is 1. The zero-order chi connectivity index (χ0) is 15.5. The van der Waals surface area contributed by atoms with Gasteiger partial charge in [-0.25, -0.2) is 0 Å². The summed E-state index contributed by atoms with van der Waals surface area (Å²) >= 11 is 7.40. The molecule has 0 saturated carbocycles. The number of benzene rings is 2. The van der Waals surface area contributed by atoms with Gasteiger partial charge in [-0.15, -0.1) is 11.8 Å². The van der Waals surface area contributed by atoms with Crippen LogP contribution in [0.4, 0.5) is 0 Å². The molecule has 3 rings (SSSR count). The van der Waals surface area contributed by atoms with Gasteiger partial charge in [0.05, 0.1) is 4.92 Å². The summed E-state index contributed by atoms with van der Waals surface area (Å²) in [6, 6.07) is 17.0. The predicted molar refractivity (Wildman–Crippen MR) is 91.3 cm³/mol. The van der Waals surface area contributed by atoms with Gasteiger partial charge >= 0.3 is 0 Å². The summed E-state index contributed by atoms with van der Waals surface area (Å²) in [5.74, 6) is 0. The molecule has 0 unspecified atom stereocenters. The molecular formula is C17H12ClNO2S. The van der Waals surface area contributed by atoms with Crippen LogP contribution in [0.1, 0.15) is 16.4 Å². The number of nitro groups is 1. The fourth-order valence-electron chi connectivity index (χ4n) is 2.28. The summed E-state index contributed by atoms with van der Waals surface area (Å²) in [5, 5.41) is 11.7. The van der Waals surface area contributed by atoms with Gasteiger partial charge in [-0.2, -0.15) is 0 Å². The summed E-state index contributed by atoms with van der Waals surface area (Å²) in [4.78, 5) is 12.0. The Morgan fingerprint density at radius 3 is 2.32 bits per heavy atom. The maximum absolute atomic E-state index is 11.3. The van der Waals surface area contributed by atoms with Gasteiger partial charge in [-0.05, 0) is 29.3 Å². The van der Waals surface area contributed by atoms with Crippen LogP contribution in [0.5, 0.6) is 0 Å². The van der Waals surface area contributed by atoms with Gasteiger partial charge in [0.25, 0.3) is 5.70 Å². The third-order valence-electron chi connectivity index (χ3n) is 3.36. The van der Waals surface area contributed by atoms with Gasteiger partial charge in [-0.1, -0.05) is 54.1 Å². The van der Waals surface area contributed by atoms with E-state index in [9.17, 15) is 10.1 Å². The smallest absolute Gasteiger partial charge is 0.259 e. The molecule has 0 fully saturated rings. The normalized spacial score (nSPS) is 17.6. The zero-order valence-corrected chi connectivity index (χ0v) is 13.1. The van der Waals surface area contributed by atoms with Crippen LogP contribution in [-0.4, -0.2) is 4.92 Å². The molecule has 5 heteroatoms. The molecule has 0 amide bonds. The highest BCUT2D eigenvalue weighted by atomic mass is 35.5. The summed E-state index contributed by atoms with van der Waals surface area (Å²) in [6.07, 6.45) is 3.39. The second kappa shape index (κ2) is 6.38. The van der Waals surface area contributed by atoms with Crippen LogP contribution in [0.2, 0.25) is 5.02 Å². The first-order chi connectivity index (χ1) is 10.6. The lowest BCUT2D eigenvalue weighted by molar-refractivity contribution is -0.427. The van der Waals surface area contributed by atoms with Crippen LogP contribution in [0.25, 0.3) is 4.91 Å². The van der Waals surface area contributed by atoms with E-state index >= 15 is 0 Å². The van der Waals surface area contributed by atoms with E-state index < -0.39 is 0 Å². The molecule has 0 bridgehead atoms. The predicted octanol–water partition coefficient (Wildman–Crippen LogP) is 5.33. The van der Waals surface area contributed by atoms with Crippen molar-refractivity contribution in [1.29, 1.82) is 0 Å². The molecule has 0 N–H and O–H groups in total. The molecule has 1 atom stereocenters. The summed E-state index contributed by atoms with van der Waals surface area (Å²) < 4.78 is 0. The molecule has 0 aliphatic carbocycles. The largest absolute Gasteiger partial charge is 0.263 e. The van der Waals surface area contributed by atoms with Gasteiger partial charge in [0.2, 0.25) is 0 Å². The van der Waals surface area contributed by atoms with Crippen LogP contribution in [-0.2, 0) is 0 Å². The molecule has 1 aliphatic heterocycles. The first kappa shape index (κ1) is 14.9. The van der Waals surface area contributed by atoms with Crippen LogP contribution in [0.3, 0.4) is 0 Å². The van der Waals surface area contributed by atoms with Crippen molar-refractivity contribution in [2.45, 2.75) is 5.25 Å². The number of thioether (sulfide) groups is 1. The van der Waals surface area contributed by atoms with Crippen LogP contribution < -0.4 is 0 Å². The number of hydrogen-bond donors (Lipinski definition) is 0. The number of nitrogens with zero attached hydrogens (tertiary/aromatic N) is 1. The van der Waals surface area contributed by atoms with Crippen molar-refractivity contribution in [2.24, 2.45) is 0 Å². The number of rotatable bonds is 3. The molecule has 0 aromatic heterocycles. The SMILES string of the molecule is O=[N+]([O-])C1=CC=C(c2ccc(Cl)cc2)S[C@H]1c1ccccc1. The maximum Gasteiger partial charge on any atom is 0.263 e. The number of allylic oxidation sites excluding steroid dienone is 2. The van der Waals surface area contributed by atoms with Crippen LogP contribution >= 0.6 is 23.4 Å². The standard InChI is InChI=1S/C17H12ClNO2S/c18-14-8-6-12(7-9-14)16-11-10-15(19(20)21)17(22-16)13-4-2-1-3-5-13/h1-11,17H/t17-/m0/s1. The first-order valence-corrected chi connectivity index (χ1v) is 7.95. The maximum atomic E-state index is 11.3. The van der Waals surface area contributed by atoms with Gasteiger partial charge in [0.15, 0.2) is 0 Å². The third kappa shape index (κ3) is 3.08. The lowest BCUT2D eigenvalue weighted by atomic mass is 10.1. The minimum atomic E-state index is -0.313. The Balaban J connectivity index is 1.99. The highest BCUT2D eigenvalue weighted by Crippen LogP contribution is 2.47. The highest BCUT2D eigenvalue weighted by Gasteiger charge is 2.30. The van der Waals surface area contributed by atoms with Gasteiger partial charge in [0.1, 0.15) is 5.25 Å². The van der Waals surface area contributed by atoms with E-state index in [1.165, 1.54) is 11.8 Å². The molecule has 22 heavy (non-hydrogen) atoms. The van der Waals surface area contributed by atoms with E-state index in [2.05, 4.69) is 0 Å². The molecule has 3 nitrogen and oxygen atoms in total. The first-order valence-electron chi connectivity index (χ1n) is 6.69. The van der Waals surface area contributed by atoms with E-state index in [0.29, 0.717) is 5.02 Å². The van der Waals surface area contributed by atoms with Crippen LogP contribution in [0.15, 0.2) is 72.4 Å². The Morgan fingerprint density at radius 1 is 1.00 bits per heavy atom. The topological polar surface area (TPSA) is 43.1 Å². The zero-order valence-electron chi connectivity index (χ0n) is 11.5. The van der Waals surface area contributed by atoms with E-state index in [1.54, 1.807) is 12.2 Å². The average Bonchev–Trinajstić information content (AvgIpc) is 2.56. The average molecular weight is 330 g/mol. The van der Waals surface area contributed by atoms with E-state index in [0.717, 1.165) is 16.0 Å². The lowest BCUT2D eigenvalue weighted by Crippen LogP contribution is -2.10. The number of hydrogen-bond acceptors (Lipinski definition) is 3. The summed E-state index contributed by atoms with van der Waals surface area (Å²) in [7, 11) is 0.